The second-order valence-corrected chi connectivity index (χ2v) is 6.21. The van der Waals surface area contributed by atoms with Crippen LogP contribution in [0.25, 0.3) is 0 Å². The highest BCUT2D eigenvalue weighted by atomic mass is 16.3. The Hall–Kier alpha value is -0.160. The Kier molecular flexibility index (Phi) is 4.64. The fourth-order valence-corrected chi connectivity index (χ4v) is 3.81. The average Bonchev–Trinajstić information content (AvgIpc) is 2.74. The number of rotatable bonds is 4. The number of likely N-dealkylation sites (N-methyl/N-ethyl adjacent to an activating group) is 2. The van der Waals surface area contributed by atoms with Crippen LogP contribution in [0.2, 0.25) is 0 Å². The molecule has 18 heavy (non-hydrogen) atoms. The molecule has 2 rings (SSSR count). The van der Waals surface area contributed by atoms with E-state index in [-0.39, 0.29) is 12.1 Å². The molecule has 0 aromatic heterocycles. The monoisotopic (exact) mass is 255 g/mol. The van der Waals surface area contributed by atoms with E-state index in [9.17, 15) is 5.11 Å². The van der Waals surface area contributed by atoms with Gasteiger partial charge in [0.2, 0.25) is 0 Å². The summed E-state index contributed by atoms with van der Waals surface area (Å²) in [6.07, 6.45) is 3.44. The number of hydrogen-bond donors (Lipinski definition) is 2. The lowest BCUT2D eigenvalue weighted by Gasteiger charge is -2.42. The van der Waals surface area contributed by atoms with E-state index in [0.29, 0.717) is 12.1 Å². The van der Waals surface area contributed by atoms with E-state index in [1.807, 2.05) is 0 Å². The topological polar surface area (TPSA) is 38.7 Å². The Balaban J connectivity index is 1.95. The zero-order valence-electron chi connectivity index (χ0n) is 12.2. The third kappa shape index (κ3) is 2.87. The molecule has 106 valence electrons. The lowest BCUT2D eigenvalue weighted by Crippen LogP contribution is -2.55. The summed E-state index contributed by atoms with van der Waals surface area (Å²) in [5, 5.41) is 13.2. The van der Waals surface area contributed by atoms with Crippen LogP contribution < -0.4 is 5.32 Å². The van der Waals surface area contributed by atoms with Crippen molar-refractivity contribution in [1.29, 1.82) is 0 Å². The SMILES string of the molecule is CCNC1(CO)CCC(N2CCN(C)CC2C)C1. The molecule has 4 heteroatoms. The number of aliphatic hydroxyl groups excluding tert-OH is 1. The van der Waals surface area contributed by atoms with Crippen LogP contribution in [0.3, 0.4) is 0 Å². The van der Waals surface area contributed by atoms with Crippen molar-refractivity contribution in [2.75, 3.05) is 39.8 Å². The maximum Gasteiger partial charge on any atom is 0.0613 e. The number of aliphatic hydroxyl groups is 1. The fourth-order valence-electron chi connectivity index (χ4n) is 3.81. The molecule has 2 N–H and O–H groups in total. The molecular weight excluding hydrogens is 226 g/mol. The van der Waals surface area contributed by atoms with Gasteiger partial charge in [-0.3, -0.25) is 4.90 Å². The molecule has 0 spiro atoms. The molecule has 0 radical (unpaired) electrons. The van der Waals surface area contributed by atoms with Crippen molar-refractivity contribution in [3.05, 3.63) is 0 Å². The Labute approximate surface area is 111 Å². The molecule has 1 aliphatic carbocycles. The molecule has 1 saturated heterocycles. The first-order chi connectivity index (χ1) is 8.60. The summed E-state index contributed by atoms with van der Waals surface area (Å²) in [4.78, 5) is 5.08. The van der Waals surface area contributed by atoms with E-state index in [1.165, 1.54) is 26.1 Å². The normalized spacial score (nSPS) is 39.3. The number of nitrogens with zero attached hydrogens (tertiary/aromatic N) is 2. The summed E-state index contributed by atoms with van der Waals surface area (Å²) in [5.74, 6) is 0. The summed E-state index contributed by atoms with van der Waals surface area (Å²) in [6, 6.07) is 1.30. The quantitative estimate of drug-likeness (QED) is 0.768. The van der Waals surface area contributed by atoms with Crippen LogP contribution in [0, 0.1) is 0 Å². The largest absolute Gasteiger partial charge is 0.394 e. The van der Waals surface area contributed by atoms with Crippen molar-refractivity contribution in [1.82, 2.24) is 15.1 Å². The molecule has 1 heterocycles. The van der Waals surface area contributed by atoms with Gasteiger partial charge >= 0.3 is 0 Å². The van der Waals surface area contributed by atoms with Crippen LogP contribution in [-0.4, -0.2) is 72.4 Å². The predicted octanol–water partition coefficient (Wildman–Crippen LogP) is 0.515. The number of hydrogen-bond acceptors (Lipinski definition) is 4. The summed E-state index contributed by atoms with van der Waals surface area (Å²) in [7, 11) is 2.21. The Morgan fingerprint density at radius 3 is 2.78 bits per heavy atom. The molecule has 3 atom stereocenters. The van der Waals surface area contributed by atoms with E-state index in [4.69, 9.17) is 0 Å². The van der Waals surface area contributed by atoms with Crippen molar-refractivity contribution in [2.45, 2.75) is 50.7 Å². The smallest absolute Gasteiger partial charge is 0.0613 e. The van der Waals surface area contributed by atoms with Crippen LogP contribution in [0.5, 0.6) is 0 Å². The van der Waals surface area contributed by atoms with Crippen molar-refractivity contribution in [3.63, 3.8) is 0 Å². The first-order valence-electron chi connectivity index (χ1n) is 7.40. The third-order valence-electron chi connectivity index (χ3n) is 4.79. The molecule has 4 nitrogen and oxygen atoms in total. The van der Waals surface area contributed by atoms with Gasteiger partial charge in [0.25, 0.3) is 0 Å². The summed E-state index contributed by atoms with van der Waals surface area (Å²) < 4.78 is 0. The van der Waals surface area contributed by atoms with Gasteiger partial charge in [-0.15, -0.1) is 0 Å². The molecule has 1 aliphatic heterocycles. The van der Waals surface area contributed by atoms with Crippen LogP contribution >= 0.6 is 0 Å². The van der Waals surface area contributed by atoms with Crippen molar-refractivity contribution < 1.29 is 5.11 Å². The van der Waals surface area contributed by atoms with Gasteiger partial charge in [0, 0.05) is 37.3 Å². The van der Waals surface area contributed by atoms with Crippen LogP contribution in [0.15, 0.2) is 0 Å². The van der Waals surface area contributed by atoms with Crippen LogP contribution in [0.1, 0.15) is 33.1 Å². The third-order valence-corrected chi connectivity index (χ3v) is 4.79. The second-order valence-electron chi connectivity index (χ2n) is 6.21. The highest BCUT2D eigenvalue weighted by Crippen LogP contribution is 2.34. The van der Waals surface area contributed by atoms with Gasteiger partial charge in [0.05, 0.1) is 6.61 Å². The molecule has 0 aromatic carbocycles. The van der Waals surface area contributed by atoms with Gasteiger partial charge in [-0.05, 0) is 39.8 Å². The average molecular weight is 255 g/mol. The molecular formula is C14H29N3O. The van der Waals surface area contributed by atoms with Crippen LogP contribution in [-0.2, 0) is 0 Å². The molecule has 0 amide bonds. The molecule has 0 bridgehead atoms. The van der Waals surface area contributed by atoms with E-state index in [0.717, 1.165) is 19.4 Å². The fraction of sp³-hybridized carbons (Fsp3) is 1.00. The molecule has 0 aromatic rings. The van der Waals surface area contributed by atoms with E-state index in [2.05, 4.69) is 36.0 Å². The first-order valence-corrected chi connectivity index (χ1v) is 7.40. The standard InChI is InChI=1S/C14H29N3O/c1-4-15-14(11-18)6-5-13(9-14)17-8-7-16(3)10-12(17)2/h12-13,15,18H,4-11H2,1-3H3. The maximum absolute atomic E-state index is 9.68. The van der Waals surface area contributed by atoms with Gasteiger partial charge in [0.1, 0.15) is 0 Å². The van der Waals surface area contributed by atoms with Crippen molar-refractivity contribution in [2.24, 2.45) is 0 Å². The van der Waals surface area contributed by atoms with E-state index in [1.54, 1.807) is 0 Å². The first kappa shape index (κ1) is 14.3. The highest BCUT2D eigenvalue weighted by Gasteiger charge is 2.41. The molecule has 3 unspecified atom stereocenters. The summed E-state index contributed by atoms with van der Waals surface area (Å²) in [6.45, 7) is 9.21. The highest BCUT2D eigenvalue weighted by molar-refractivity contribution is 5.00. The van der Waals surface area contributed by atoms with Gasteiger partial charge in [-0.1, -0.05) is 6.92 Å². The van der Waals surface area contributed by atoms with Gasteiger partial charge in [-0.2, -0.15) is 0 Å². The minimum Gasteiger partial charge on any atom is -0.394 e. The number of piperazine rings is 1. The minimum atomic E-state index is -0.0114. The zero-order chi connectivity index (χ0) is 13.2. The molecule has 2 fully saturated rings. The maximum atomic E-state index is 9.68. The summed E-state index contributed by atoms with van der Waals surface area (Å²) >= 11 is 0. The van der Waals surface area contributed by atoms with Crippen LogP contribution in [0.4, 0.5) is 0 Å². The lowest BCUT2D eigenvalue weighted by molar-refractivity contribution is 0.0565. The molecule has 2 aliphatic rings. The summed E-state index contributed by atoms with van der Waals surface area (Å²) in [5.41, 5.74) is -0.0114. The Morgan fingerprint density at radius 2 is 2.17 bits per heavy atom. The van der Waals surface area contributed by atoms with Gasteiger partial charge in [-0.25, -0.2) is 0 Å². The van der Waals surface area contributed by atoms with Gasteiger partial charge in [0.15, 0.2) is 0 Å². The Morgan fingerprint density at radius 1 is 1.39 bits per heavy atom. The second kappa shape index (κ2) is 5.87. The Bertz CT molecular complexity index is 274. The molecule has 1 saturated carbocycles. The number of nitrogens with one attached hydrogen (secondary N) is 1. The van der Waals surface area contributed by atoms with Gasteiger partial charge < -0.3 is 15.3 Å². The van der Waals surface area contributed by atoms with Crippen molar-refractivity contribution >= 4 is 0 Å². The lowest BCUT2D eigenvalue weighted by atomic mass is 9.98. The van der Waals surface area contributed by atoms with E-state index < -0.39 is 0 Å². The zero-order valence-corrected chi connectivity index (χ0v) is 12.2. The van der Waals surface area contributed by atoms with E-state index >= 15 is 0 Å². The minimum absolute atomic E-state index is 0.0114. The van der Waals surface area contributed by atoms with Crippen molar-refractivity contribution in [3.8, 4) is 0 Å². The predicted molar refractivity (Wildman–Crippen MR) is 74.8 cm³/mol.